The van der Waals surface area contributed by atoms with Crippen LogP contribution in [0.25, 0.3) is 0 Å². The van der Waals surface area contributed by atoms with Crippen LogP contribution in [0.4, 0.5) is 0 Å². The van der Waals surface area contributed by atoms with E-state index >= 15 is 0 Å². The molecular formula is C15H22O6. The highest BCUT2D eigenvalue weighted by Gasteiger charge is 2.62. The summed E-state index contributed by atoms with van der Waals surface area (Å²) in [5.41, 5.74) is 0. The molecule has 0 aromatic heterocycles. The molecule has 6 nitrogen and oxygen atoms in total. The molecule has 118 valence electrons. The molecule has 0 spiro atoms. The van der Waals surface area contributed by atoms with Crippen LogP contribution in [0.3, 0.4) is 0 Å². The van der Waals surface area contributed by atoms with E-state index < -0.39 is 17.9 Å². The largest absolute Gasteiger partial charge is 0.456 e. The second kappa shape index (κ2) is 4.95. The Morgan fingerprint density at radius 2 is 2.10 bits per heavy atom. The lowest BCUT2D eigenvalue weighted by Gasteiger charge is -2.22. The molecule has 0 amide bonds. The van der Waals surface area contributed by atoms with Crippen molar-refractivity contribution in [2.24, 2.45) is 11.8 Å². The average molecular weight is 298 g/mol. The highest BCUT2D eigenvalue weighted by molar-refractivity contribution is 5.82. The van der Waals surface area contributed by atoms with E-state index in [-0.39, 0.29) is 36.1 Å². The van der Waals surface area contributed by atoms with Crippen LogP contribution in [0.5, 0.6) is 0 Å². The van der Waals surface area contributed by atoms with Gasteiger partial charge in [-0.15, -0.1) is 0 Å². The Bertz CT molecular complexity index is 459. The van der Waals surface area contributed by atoms with Crippen LogP contribution in [0.15, 0.2) is 0 Å². The van der Waals surface area contributed by atoms with Gasteiger partial charge in [0.1, 0.15) is 12.2 Å². The molecule has 2 heterocycles. The van der Waals surface area contributed by atoms with Gasteiger partial charge in [0.05, 0.1) is 12.0 Å². The second-order valence-electron chi connectivity index (χ2n) is 6.61. The van der Waals surface area contributed by atoms with Gasteiger partial charge in [0.2, 0.25) is 6.10 Å². The number of ether oxygens (including phenoxy) is 4. The summed E-state index contributed by atoms with van der Waals surface area (Å²) in [4.78, 5) is 23.9. The van der Waals surface area contributed by atoms with Crippen LogP contribution in [0.1, 0.15) is 40.5 Å². The van der Waals surface area contributed by atoms with E-state index in [1.807, 2.05) is 20.8 Å². The Balaban J connectivity index is 1.70. The summed E-state index contributed by atoms with van der Waals surface area (Å²) in [6, 6.07) is 0. The lowest BCUT2D eigenvalue weighted by molar-refractivity contribution is -0.169. The molecule has 1 saturated carbocycles. The topological polar surface area (TPSA) is 71.1 Å². The van der Waals surface area contributed by atoms with Crippen molar-refractivity contribution in [2.75, 3.05) is 0 Å². The van der Waals surface area contributed by atoms with Crippen LogP contribution in [-0.2, 0) is 28.5 Å². The normalized spacial score (nSPS) is 41.3. The minimum atomic E-state index is -0.822. The first-order valence-corrected chi connectivity index (χ1v) is 7.59. The number of hydrogen-bond donors (Lipinski definition) is 0. The van der Waals surface area contributed by atoms with Gasteiger partial charge in [-0.3, -0.25) is 4.79 Å². The van der Waals surface area contributed by atoms with Gasteiger partial charge < -0.3 is 18.9 Å². The van der Waals surface area contributed by atoms with E-state index in [2.05, 4.69) is 0 Å². The molecule has 0 aromatic carbocycles. The zero-order chi connectivity index (χ0) is 15.4. The van der Waals surface area contributed by atoms with Gasteiger partial charge in [-0.05, 0) is 26.7 Å². The molecule has 3 fully saturated rings. The Morgan fingerprint density at radius 3 is 2.76 bits per heavy atom. The number of rotatable bonds is 3. The highest BCUT2D eigenvalue weighted by atomic mass is 16.8. The van der Waals surface area contributed by atoms with E-state index in [4.69, 9.17) is 18.9 Å². The van der Waals surface area contributed by atoms with Gasteiger partial charge in [-0.1, -0.05) is 13.8 Å². The zero-order valence-electron chi connectivity index (χ0n) is 12.8. The third kappa shape index (κ3) is 2.44. The van der Waals surface area contributed by atoms with Crippen molar-refractivity contribution in [3.63, 3.8) is 0 Å². The minimum Gasteiger partial charge on any atom is -0.456 e. The Kier molecular flexibility index (Phi) is 3.48. The number of esters is 2. The van der Waals surface area contributed by atoms with Gasteiger partial charge >= 0.3 is 11.9 Å². The van der Waals surface area contributed by atoms with E-state index in [1.54, 1.807) is 6.92 Å². The van der Waals surface area contributed by atoms with Crippen molar-refractivity contribution in [2.45, 2.75) is 70.7 Å². The Labute approximate surface area is 124 Å². The average Bonchev–Trinajstić information content (AvgIpc) is 2.97. The molecule has 2 saturated heterocycles. The summed E-state index contributed by atoms with van der Waals surface area (Å²) < 4.78 is 22.4. The van der Waals surface area contributed by atoms with E-state index in [1.165, 1.54) is 0 Å². The molecule has 2 aliphatic heterocycles. The summed E-state index contributed by atoms with van der Waals surface area (Å²) in [6.45, 7) is 7.39. The fourth-order valence-electron chi connectivity index (χ4n) is 3.34. The number of carbonyl (C=O) groups is 2. The van der Waals surface area contributed by atoms with Crippen LogP contribution in [0.2, 0.25) is 0 Å². The molecule has 3 aliphatic rings. The highest BCUT2D eigenvalue weighted by Crippen LogP contribution is 2.47. The lowest BCUT2D eigenvalue weighted by Crippen LogP contribution is -2.33. The molecule has 1 unspecified atom stereocenters. The fraction of sp³-hybridized carbons (Fsp3) is 0.867. The summed E-state index contributed by atoms with van der Waals surface area (Å²) in [5, 5.41) is 0. The van der Waals surface area contributed by atoms with Crippen molar-refractivity contribution in [3.8, 4) is 0 Å². The van der Waals surface area contributed by atoms with Crippen LogP contribution >= 0.6 is 0 Å². The second-order valence-corrected chi connectivity index (χ2v) is 6.61. The zero-order valence-corrected chi connectivity index (χ0v) is 12.8. The monoisotopic (exact) mass is 298 g/mol. The first-order valence-electron chi connectivity index (χ1n) is 7.59. The lowest BCUT2D eigenvalue weighted by atomic mass is 10.0. The van der Waals surface area contributed by atoms with Gasteiger partial charge in [0.15, 0.2) is 5.79 Å². The number of hydrogen-bond acceptors (Lipinski definition) is 6. The summed E-state index contributed by atoms with van der Waals surface area (Å²) in [5.74, 6) is -1.86. The van der Waals surface area contributed by atoms with Crippen molar-refractivity contribution in [3.05, 3.63) is 0 Å². The van der Waals surface area contributed by atoms with Crippen LogP contribution in [-0.4, -0.2) is 42.1 Å². The Morgan fingerprint density at radius 1 is 1.38 bits per heavy atom. The van der Waals surface area contributed by atoms with Crippen LogP contribution < -0.4 is 0 Å². The smallest absolute Gasteiger partial charge is 0.348 e. The third-order valence-electron chi connectivity index (χ3n) is 4.60. The van der Waals surface area contributed by atoms with Crippen molar-refractivity contribution in [1.29, 1.82) is 0 Å². The van der Waals surface area contributed by atoms with E-state index in [9.17, 15) is 9.59 Å². The maximum atomic E-state index is 12.0. The predicted octanol–water partition coefficient (Wildman–Crippen LogP) is 1.41. The Hall–Kier alpha value is -1.14. The van der Waals surface area contributed by atoms with Gasteiger partial charge in [-0.25, -0.2) is 4.79 Å². The SMILES string of the molecule is CCC(C)C(=O)O[C@@H]1C(=O)O[C@H]2[C@@H]1C[C@@H]1OC(C)(C)O[C@H]21. The third-order valence-corrected chi connectivity index (χ3v) is 4.60. The van der Waals surface area contributed by atoms with Crippen molar-refractivity contribution >= 4 is 11.9 Å². The van der Waals surface area contributed by atoms with Gasteiger partial charge in [0.25, 0.3) is 0 Å². The molecule has 0 radical (unpaired) electrons. The van der Waals surface area contributed by atoms with E-state index in [0.29, 0.717) is 12.8 Å². The molecule has 1 aliphatic carbocycles. The molecule has 21 heavy (non-hydrogen) atoms. The van der Waals surface area contributed by atoms with Crippen molar-refractivity contribution < 1.29 is 28.5 Å². The maximum Gasteiger partial charge on any atom is 0.348 e. The maximum absolute atomic E-state index is 12.0. The quantitative estimate of drug-likeness (QED) is 0.734. The molecule has 0 N–H and O–H groups in total. The molecule has 6 atom stereocenters. The molecular weight excluding hydrogens is 276 g/mol. The molecule has 0 bridgehead atoms. The molecule has 3 rings (SSSR count). The van der Waals surface area contributed by atoms with Crippen molar-refractivity contribution in [1.82, 2.24) is 0 Å². The van der Waals surface area contributed by atoms with Gasteiger partial charge in [-0.2, -0.15) is 0 Å². The molecule has 6 heteroatoms. The van der Waals surface area contributed by atoms with Gasteiger partial charge in [0, 0.05) is 5.92 Å². The van der Waals surface area contributed by atoms with Crippen LogP contribution in [0, 0.1) is 11.8 Å². The summed E-state index contributed by atoms with van der Waals surface area (Å²) in [7, 11) is 0. The summed E-state index contributed by atoms with van der Waals surface area (Å²) >= 11 is 0. The summed E-state index contributed by atoms with van der Waals surface area (Å²) in [6.07, 6.45) is -0.269. The number of carbonyl (C=O) groups excluding carboxylic acids is 2. The molecule has 0 aromatic rings. The standard InChI is InChI=1S/C15H22O6/c1-5-7(2)13(16)19-11-8-6-9-12(10(8)18-14(11)17)21-15(3,4)20-9/h7-12H,5-6H2,1-4H3/t7?,8-,9-,10-,11-,12-/m0/s1. The number of fused-ring (bicyclic) bond motifs is 3. The predicted molar refractivity (Wildman–Crippen MR) is 71.1 cm³/mol. The van der Waals surface area contributed by atoms with E-state index in [0.717, 1.165) is 0 Å². The fourth-order valence-corrected chi connectivity index (χ4v) is 3.34. The first-order chi connectivity index (χ1) is 9.82. The first kappa shape index (κ1) is 14.8. The minimum absolute atomic E-state index is 0.104.